The lowest BCUT2D eigenvalue weighted by atomic mass is 9.65. The van der Waals surface area contributed by atoms with Gasteiger partial charge in [0.1, 0.15) is 11.2 Å². The summed E-state index contributed by atoms with van der Waals surface area (Å²) >= 11 is 6.10. The van der Waals surface area contributed by atoms with E-state index in [9.17, 15) is 14.0 Å². The minimum atomic E-state index is -0.957. The van der Waals surface area contributed by atoms with Crippen LogP contribution in [0.2, 0.25) is 5.02 Å². The van der Waals surface area contributed by atoms with Crippen molar-refractivity contribution in [1.29, 1.82) is 0 Å². The van der Waals surface area contributed by atoms with Gasteiger partial charge in [0, 0.05) is 29.6 Å². The molecule has 4 nitrogen and oxygen atoms in total. The average molecular weight is 345 g/mol. The van der Waals surface area contributed by atoms with Crippen LogP contribution in [-0.4, -0.2) is 18.4 Å². The van der Waals surface area contributed by atoms with Crippen LogP contribution in [0, 0.1) is 5.82 Å². The molecule has 122 valence electrons. The molecule has 0 saturated carbocycles. The highest BCUT2D eigenvalue weighted by molar-refractivity contribution is 6.30. The van der Waals surface area contributed by atoms with Crippen molar-refractivity contribution in [2.24, 2.45) is 0 Å². The zero-order valence-corrected chi connectivity index (χ0v) is 13.4. The monoisotopic (exact) mass is 344 g/mol. The second-order valence-electron chi connectivity index (χ2n) is 6.20. The summed E-state index contributed by atoms with van der Waals surface area (Å²) in [7, 11) is 0. The lowest BCUT2D eigenvalue weighted by Crippen LogP contribution is -2.54. The molecule has 2 atom stereocenters. The Balaban J connectivity index is 1.91. The van der Waals surface area contributed by atoms with Crippen molar-refractivity contribution < 1.29 is 14.0 Å². The predicted octanol–water partition coefficient (Wildman–Crippen LogP) is 2.97. The van der Waals surface area contributed by atoms with Crippen molar-refractivity contribution in [2.75, 3.05) is 11.9 Å². The summed E-state index contributed by atoms with van der Waals surface area (Å²) in [6.07, 6.45) is 0.171. The molecular formula is C18H14ClFN2O2. The Morgan fingerprint density at radius 1 is 1.17 bits per heavy atom. The van der Waals surface area contributed by atoms with Crippen LogP contribution in [0.25, 0.3) is 0 Å². The van der Waals surface area contributed by atoms with Crippen LogP contribution in [0.4, 0.5) is 10.1 Å². The fraction of sp³-hybridized carbons (Fsp3) is 0.222. The Morgan fingerprint density at radius 3 is 2.79 bits per heavy atom. The number of hydrogen-bond acceptors (Lipinski definition) is 2. The zero-order chi connectivity index (χ0) is 16.9. The summed E-state index contributed by atoms with van der Waals surface area (Å²) in [5.41, 5.74) is 1.04. The molecule has 2 aliphatic heterocycles. The van der Waals surface area contributed by atoms with Gasteiger partial charge in [-0.15, -0.1) is 0 Å². The van der Waals surface area contributed by atoms with E-state index >= 15 is 0 Å². The summed E-state index contributed by atoms with van der Waals surface area (Å²) < 4.78 is 13.5. The van der Waals surface area contributed by atoms with E-state index < -0.39 is 11.2 Å². The lowest BCUT2D eigenvalue weighted by molar-refractivity contribution is -0.128. The SMILES string of the molecule is O=C1C[C@@H](c2cccc(Cl)c2)[C@@]2(CN1)C(=O)Nc1cc(F)ccc12. The number of benzene rings is 2. The maximum atomic E-state index is 13.5. The normalized spacial score (nSPS) is 25.3. The van der Waals surface area contributed by atoms with Crippen LogP contribution < -0.4 is 10.6 Å². The van der Waals surface area contributed by atoms with Gasteiger partial charge >= 0.3 is 0 Å². The molecule has 1 fully saturated rings. The largest absolute Gasteiger partial charge is 0.355 e. The third kappa shape index (κ3) is 2.12. The van der Waals surface area contributed by atoms with Gasteiger partial charge in [-0.3, -0.25) is 9.59 Å². The lowest BCUT2D eigenvalue weighted by Gasteiger charge is -2.40. The standard InChI is InChI=1S/C18H14ClFN2O2/c19-11-3-1-2-10(6-11)14-8-16(23)21-9-18(14)13-5-4-12(20)7-15(13)22-17(18)24/h1-7,14H,8-9H2,(H,21,23)(H,22,24)/t14-,18-/m0/s1. The summed E-state index contributed by atoms with van der Waals surface area (Å²) in [6, 6.07) is 11.5. The van der Waals surface area contributed by atoms with Gasteiger partial charge in [0.15, 0.2) is 0 Å². The molecule has 2 aromatic rings. The second-order valence-corrected chi connectivity index (χ2v) is 6.64. The van der Waals surface area contributed by atoms with E-state index in [4.69, 9.17) is 11.6 Å². The number of carbonyl (C=O) groups is 2. The van der Waals surface area contributed by atoms with Crippen molar-refractivity contribution in [3.8, 4) is 0 Å². The smallest absolute Gasteiger partial charge is 0.237 e. The summed E-state index contributed by atoms with van der Waals surface area (Å²) in [4.78, 5) is 24.9. The van der Waals surface area contributed by atoms with Gasteiger partial charge in [0.25, 0.3) is 0 Å². The Morgan fingerprint density at radius 2 is 2.00 bits per heavy atom. The van der Waals surface area contributed by atoms with E-state index in [1.54, 1.807) is 24.3 Å². The molecule has 2 aliphatic rings. The molecule has 2 N–H and O–H groups in total. The molecule has 1 saturated heterocycles. The Bertz CT molecular complexity index is 870. The number of piperidine rings is 1. The van der Waals surface area contributed by atoms with E-state index in [0.717, 1.165) is 5.56 Å². The van der Waals surface area contributed by atoms with Crippen LogP contribution in [0.15, 0.2) is 42.5 Å². The molecular weight excluding hydrogens is 331 g/mol. The molecule has 2 heterocycles. The Hall–Kier alpha value is -2.40. The van der Waals surface area contributed by atoms with Crippen LogP contribution in [0.1, 0.15) is 23.5 Å². The molecule has 2 amide bonds. The van der Waals surface area contributed by atoms with Gasteiger partial charge in [0.2, 0.25) is 11.8 Å². The Kier molecular flexibility index (Phi) is 3.35. The maximum absolute atomic E-state index is 13.5. The van der Waals surface area contributed by atoms with Gasteiger partial charge in [-0.25, -0.2) is 4.39 Å². The topological polar surface area (TPSA) is 58.2 Å². The molecule has 0 unspecified atom stereocenters. The fourth-order valence-corrected chi connectivity index (χ4v) is 4.00. The van der Waals surface area contributed by atoms with E-state index in [-0.39, 0.29) is 30.7 Å². The van der Waals surface area contributed by atoms with Crippen molar-refractivity contribution in [1.82, 2.24) is 5.32 Å². The quantitative estimate of drug-likeness (QED) is 0.835. The number of carbonyl (C=O) groups excluding carboxylic acids is 2. The van der Waals surface area contributed by atoms with Crippen molar-refractivity contribution in [3.05, 3.63) is 64.4 Å². The highest BCUT2D eigenvalue weighted by atomic mass is 35.5. The number of halogens is 2. The first-order valence-electron chi connectivity index (χ1n) is 7.64. The van der Waals surface area contributed by atoms with E-state index in [2.05, 4.69) is 10.6 Å². The molecule has 4 rings (SSSR count). The van der Waals surface area contributed by atoms with Crippen molar-refractivity contribution in [2.45, 2.75) is 17.8 Å². The first-order valence-corrected chi connectivity index (χ1v) is 8.02. The minimum Gasteiger partial charge on any atom is -0.355 e. The molecule has 0 aromatic heterocycles. The molecule has 2 aromatic carbocycles. The summed E-state index contributed by atoms with van der Waals surface area (Å²) in [5.74, 6) is -1.12. The molecule has 24 heavy (non-hydrogen) atoms. The van der Waals surface area contributed by atoms with Crippen molar-refractivity contribution in [3.63, 3.8) is 0 Å². The third-order valence-electron chi connectivity index (χ3n) is 4.92. The van der Waals surface area contributed by atoms with E-state index in [1.807, 2.05) is 6.07 Å². The summed E-state index contributed by atoms with van der Waals surface area (Å²) in [6.45, 7) is 0.174. The predicted molar refractivity (Wildman–Crippen MR) is 88.5 cm³/mol. The third-order valence-corrected chi connectivity index (χ3v) is 5.15. The van der Waals surface area contributed by atoms with Crippen LogP contribution in [0.5, 0.6) is 0 Å². The van der Waals surface area contributed by atoms with E-state index in [1.165, 1.54) is 12.1 Å². The first kappa shape index (κ1) is 15.1. The zero-order valence-electron chi connectivity index (χ0n) is 12.6. The van der Waals surface area contributed by atoms with Gasteiger partial charge in [-0.05, 0) is 35.4 Å². The number of hydrogen-bond donors (Lipinski definition) is 2. The van der Waals surface area contributed by atoms with Crippen LogP contribution in [-0.2, 0) is 15.0 Å². The number of nitrogens with one attached hydrogen (secondary N) is 2. The van der Waals surface area contributed by atoms with Gasteiger partial charge in [0.05, 0.1) is 0 Å². The van der Waals surface area contributed by atoms with Gasteiger partial charge in [-0.2, -0.15) is 0 Å². The van der Waals surface area contributed by atoms with Gasteiger partial charge < -0.3 is 10.6 Å². The van der Waals surface area contributed by atoms with E-state index in [0.29, 0.717) is 16.3 Å². The molecule has 6 heteroatoms. The highest BCUT2D eigenvalue weighted by Gasteiger charge is 2.55. The number of fused-ring (bicyclic) bond motifs is 2. The highest BCUT2D eigenvalue weighted by Crippen LogP contribution is 2.50. The van der Waals surface area contributed by atoms with Crippen LogP contribution in [0.3, 0.4) is 0 Å². The molecule has 0 radical (unpaired) electrons. The van der Waals surface area contributed by atoms with Gasteiger partial charge in [-0.1, -0.05) is 29.8 Å². The van der Waals surface area contributed by atoms with Crippen LogP contribution >= 0.6 is 11.6 Å². The Labute approximate surface area is 143 Å². The molecule has 0 bridgehead atoms. The maximum Gasteiger partial charge on any atom is 0.237 e. The average Bonchev–Trinajstić information content (AvgIpc) is 2.81. The molecule has 1 spiro atoms. The number of amides is 2. The first-order chi connectivity index (χ1) is 11.5. The number of anilines is 1. The second kappa shape index (κ2) is 5.31. The minimum absolute atomic E-state index is 0.117. The number of rotatable bonds is 1. The fourth-order valence-electron chi connectivity index (χ4n) is 3.81. The van der Waals surface area contributed by atoms with Crippen molar-refractivity contribution >= 4 is 29.1 Å². The molecule has 0 aliphatic carbocycles. The summed E-state index contributed by atoms with van der Waals surface area (Å²) in [5, 5.41) is 6.10.